The van der Waals surface area contributed by atoms with E-state index in [1.54, 1.807) is 45.9 Å². The average molecular weight is 927 g/mol. The SMILES string of the molecule is CC(C)C(NC(=O)c1ccc2ccccc2n1)C(=O)NC(CC(=O)O)C(=O)NC(C(=O)N1CC[C@H](CC(C)(C)C)[C@H]1C(=O)NN(CC(=O)O)C(=O)/C=C/C(=O)N(C)Cc1ccccc1)C(C)C. The maximum absolute atomic E-state index is 14.6. The van der Waals surface area contributed by atoms with Gasteiger partial charge < -0.3 is 36.0 Å². The Labute approximate surface area is 389 Å². The lowest BCUT2D eigenvalue weighted by atomic mass is 9.81. The lowest BCUT2D eigenvalue weighted by molar-refractivity contribution is -0.151. The Morgan fingerprint density at radius 2 is 1.40 bits per heavy atom. The topological polar surface area (TPSA) is 265 Å². The van der Waals surface area contributed by atoms with Crippen molar-refractivity contribution in [1.82, 2.24) is 41.2 Å². The fourth-order valence-corrected chi connectivity index (χ4v) is 7.80. The predicted molar refractivity (Wildman–Crippen MR) is 246 cm³/mol. The van der Waals surface area contributed by atoms with Gasteiger partial charge in [0.25, 0.3) is 17.7 Å². The summed E-state index contributed by atoms with van der Waals surface area (Å²) < 4.78 is 0. The molecule has 0 spiro atoms. The first-order valence-electron chi connectivity index (χ1n) is 22.1. The third kappa shape index (κ3) is 15.2. The first kappa shape index (κ1) is 52.4. The molecule has 0 aliphatic carbocycles. The second-order valence-electron chi connectivity index (χ2n) is 18.6. The minimum atomic E-state index is -1.71. The van der Waals surface area contributed by atoms with Crippen LogP contribution in [0.25, 0.3) is 10.9 Å². The largest absolute Gasteiger partial charge is 0.481 e. The molecule has 3 aromatic rings. The summed E-state index contributed by atoms with van der Waals surface area (Å²) >= 11 is 0. The van der Waals surface area contributed by atoms with Crippen LogP contribution in [-0.4, -0.2) is 128 Å². The van der Waals surface area contributed by atoms with E-state index in [0.717, 1.165) is 23.1 Å². The van der Waals surface area contributed by atoms with E-state index in [-0.39, 0.29) is 24.2 Å². The van der Waals surface area contributed by atoms with Crippen LogP contribution in [0.3, 0.4) is 0 Å². The number of likely N-dealkylation sites (tertiary alicyclic amines) is 1. The van der Waals surface area contributed by atoms with Gasteiger partial charge in [0, 0.05) is 37.7 Å². The van der Waals surface area contributed by atoms with E-state index < -0.39 is 108 Å². The molecule has 0 radical (unpaired) electrons. The van der Waals surface area contributed by atoms with Crippen LogP contribution in [0.2, 0.25) is 0 Å². The smallest absolute Gasteiger partial charge is 0.325 e. The number of hydrogen-bond acceptors (Lipinski definition) is 10. The summed E-state index contributed by atoms with van der Waals surface area (Å²) in [5.41, 5.74) is 3.42. The van der Waals surface area contributed by atoms with Gasteiger partial charge in [-0.3, -0.25) is 48.6 Å². The van der Waals surface area contributed by atoms with Gasteiger partial charge in [0.15, 0.2) is 0 Å². The van der Waals surface area contributed by atoms with Gasteiger partial charge in [-0.2, -0.15) is 0 Å². The van der Waals surface area contributed by atoms with Gasteiger partial charge in [-0.25, -0.2) is 9.99 Å². The predicted octanol–water partition coefficient (Wildman–Crippen LogP) is 2.90. The number of fused-ring (bicyclic) bond motifs is 1. The molecule has 5 atom stereocenters. The fourth-order valence-electron chi connectivity index (χ4n) is 7.80. The van der Waals surface area contributed by atoms with Crippen LogP contribution in [0.15, 0.2) is 78.9 Å². The van der Waals surface area contributed by atoms with Gasteiger partial charge in [-0.1, -0.05) is 103 Å². The Bertz CT molecular complexity index is 2350. The molecule has 2 heterocycles. The summed E-state index contributed by atoms with van der Waals surface area (Å²) in [6, 6.07) is 13.8. The molecule has 7 amide bonds. The summed E-state index contributed by atoms with van der Waals surface area (Å²) in [5.74, 6) is -10.4. The number of pyridine rings is 1. The summed E-state index contributed by atoms with van der Waals surface area (Å²) in [5, 5.41) is 28.5. The molecule has 1 aromatic heterocycles. The lowest BCUT2D eigenvalue weighted by Crippen LogP contribution is -2.61. The van der Waals surface area contributed by atoms with Gasteiger partial charge in [-0.05, 0) is 53.7 Å². The zero-order chi connectivity index (χ0) is 49.7. The number of amides is 7. The van der Waals surface area contributed by atoms with E-state index in [1.165, 1.54) is 22.9 Å². The van der Waals surface area contributed by atoms with Crippen LogP contribution in [-0.2, 0) is 44.9 Å². The number of nitrogens with zero attached hydrogens (tertiary/aromatic N) is 4. The van der Waals surface area contributed by atoms with Crippen LogP contribution in [0.1, 0.15) is 83.8 Å². The first-order chi connectivity index (χ1) is 31.4. The van der Waals surface area contributed by atoms with Crippen molar-refractivity contribution < 1.29 is 53.4 Å². The standard InChI is InChI=1S/C48H62N8O11/c1-28(2)40(51-43(63)34-19-18-31-16-12-13-17-33(31)49-34)45(65)50-35(24-38(59)60)44(64)52-41(29(3)4)47(67)55-23-22-32(25-48(5,6)7)42(55)46(66)53-56(27-39(61)62)37(58)21-20-36(57)54(8)26-30-14-10-9-11-15-30/h9-21,28-29,32,35,40-42H,22-27H2,1-8H3,(H,50,65)(H,51,63)(H,52,64)(H,53,66)(H,59,60)(H,61,62)/b21-20+/t32-,35?,40?,41?,42+/m1/s1. The Morgan fingerprint density at radius 3 is 2.01 bits per heavy atom. The Kier molecular flexibility index (Phi) is 18.3. The molecule has 0 bridgehead atoms. The normalized spacial score (nSPS) is 16.2. The van der Waals surface area contributed by atoms with E-state index in [9.17, 15) is 53.4 Å². The molecule has 2 aromatic carbocycles. The molecule has 0 saturated carbocycles. The van der Waals surface area contributed by atoms with Crippen molar-refractivity contribution in [2.75, 3.05) is 20.1 Å². The minimum absolute atomic E-state index is 0.0293. The Morgan fingerprint density at radius 1 is 0.776 bits per heavy atom. The Balaban J connectivity index is 1.54. The van der Waals surface area contributed by atoms with Crippen molar-refractivity contribution in [2.45, 2.75) is 98.4 Å². The third-order valence-corrected chi connectivity index (χ3v) is 11.1. The molecule has 19 heteroatoms. The molecule has 1 fully saturated rings. The van der Waals surface area contributed by atoms with Gasteiger partial charge in [0.1, 0.15) is 36.4 Å². The van der Waals surface area contributed by atoms with E-state index in [0.29, 0.717) is 23.4 Å². The number of para-hydroxylation sites is 1. The van der Waals surface area contributed by atoms with Crippen molar-refractivity contribution in [3.05, 3.63) is 90.1 Å². The number of rotatable bonds is 19. The maximum atomic E-state index is 14.6. The highest BCUT2D eigenvalue weighted by Crippen LogP contribution is 2.36. The molecule has 360 valence electrons. The van der Waals surface area contributed by atoms with Crippen LogP contribution in [0.4, 0.5) is 0 Å². The minimum Gasteiger partial charge on any atom is -0.481 e. The van der Waals surface area contributed by atoms with Crippen LogP contribution in [0.5, 0.6) is 0 Å². The molecule has 4 rings (SSSR count). The molecule has 3 unspecified atom stereocenters. The van der Waals surface area contributed by atoms with Crippen molar-refractivity contribution >= 4 is 64.2 Å². The molecule has 1 saturated heterocycles. The number of carboxylic acid groups (broad SMARTS) is 2. The van der Waals surface area contributed by atoms with Crippen molar-refractivity contribution in [3.63, 3.8) is 0 Å². The van der Waals surface area contributed by atoms with Gasteiger partial charge in [0.05, 0.1) is 11.9 Å². The van der Waals surface area contributed by atoms with E-state index in [4.69, 9.17) is 0 Å². The number of hydrazine groups is 1. The van der Waals surface area contributed by atoms with Crippen LogP contribution >= 0.6 is 0 Å². The van der Waals surface area contributed by atoms with E-state index in [2.05, 4.69) is 26.4 Å². The number of carbonyl (C=O) groups is 9. The van der Waals surface area contributed by atoms with Crippen LogP contribution < -0.4 is 21.4 Å². The number of aromatic nitrogens is 1. The summed E-state index contributed by atoms with van der Waals surface area (Å²) in [6.45, 7) is 11.6. The summed E-state index contributed by atoms with van der Waals surface area (Å²) in [4.78, 5) is 127. The average Bonchev–Trinajstić information content (AvgIpc) is 3.67. The second-order valence-corrected chi connectivity index (χ2v) is 18.6. The van der Waals surface area contributed by atoms with Crippen molar-refractivity contribution in [2.24, 2.45) is 23.2 Å². The van der Waals surface area contributed by atoms with E-state index >= 15 is 0 Å². The molecular formula is C48H62N8O11. The lowest BCUT2D eigenvalue weighted by Gasteiger charge is -2.35. The van der Waals surface area contributed by atoms with Gasteiger partial charge in [0.2, 0.25) is 23.6 Å². The molecule has 67 heavy (non-hydrogen) atoms. The fraction of sp³-hybridized carbons (Fsp3) is 0.458. The molecule has 6 N–H and O–H groups in total. The number of hydrogen-bond donors (Lipinski definition) is 6. The number of carbonyl (C=O) groups excluding carboxylic acids is 7. The number of nitrogens with one attached hydrogen (secondary N) is 4. The van der Waals surface area contributed by atoms with Crippen molar-refractivity contribution in [3.8, 4) is 0 Å². The van der Waals surface area contributed by atoms with E-state index in [1.807, 2.05) is 63.2 Å². The number of carboxylic acids is 2. The highest BCUT2D eigenvalue weighted by molar-refractivity contribution is 6.01. The monoisotopic (exact) mass is 926 g/mol. The van der Waals surface area contributed by atoms with Crippen molar-refractivity contribution in [1.29, 1.82) is 0 Å². The highest BCUT2D eigenvalue weighted by Gasteiger charge is 2.46. The summed E-state index contributed by atoms with van der Waals surface area (Å²) in [7, 11) is 1.52. The Hall–Kier alpha value is -7.18. The first-order valence-corrected chi connectivity index (χ1v) is 22.1. The molecule has 1 aliphatic heterocycles. The van der Waals surface area contributed by atoms with Gasteiger partial charge >= 0.3 is 11.9 Å². The highest BCUT2D eigenvalue weighted by atomic mass is 16.4. The molecule has 19 nitrogen and oxygen atoms in total. The number of likely N-dealkylation sites (N-methyl/N-ethyl adjacent to an activating group) is 1. The third-order valence-electron chi connectivity index (χ3n) is 11.1. The number of aliphatic carboxylic acids is 2. The maximum Gasteiger partial charge on any atom is 0.325 e. The van der Waals surface area contributed by atoms with Gasteiger partial charge in [-0.15, -0.1) is 0 Å². The molecule has 1 aliphatic rings. The quantitative estimate of drug-likeness (QED) is 0.0749. The van der Waals surface area contributed by atoms with Crippen LogP contribution in [0, 0.1) is 23.2 Å². The number of benzene rings is 2. The zero-order valence-corrected chi connectivity index (χ0v) is 39.1. The second kappa shape index (κ2) is 23.3. The summed E-state index contributed by atoms with van der Waals surface area (Å²) in [6.07, 6.45) is 1.65. The molecular weight excluding hydrogens is 865 g/mol. The zero-order valence-electron chi connectivity index (χ0n) is 39.1.